The van der Waals surface area contributed by atoms with Crippen molar-refractivity contribution in [1.29, 1.82) is 0 Å². The second-order valence-corrected chi connectivity index (χ2v) is 5.57. The topological polar surface area (TPSA) is 60.7 Å². The van der Waals surface area contributed by atoms with Gasteiger partial charge in [0.15, 0.2) is 11.5 Å². The van der Waals surface area contributed by atoms with Gasteiger partial charge >= 0.3 is 6.09 Å². The molecular formula is C15H19NO4. The summed E-state index contributed by atoms with van der Waals surface area (Å²) < 4.78 is 32.8. The highest BCUT2D eigenvalue weighted by molar-refractivity contribution is 5.96. The third-order valence-electron chi connectivity index (χ3n) is 2.80. The van der Waals surface area contributed by atoms with Gasteiger partial charge in [0.1, 0.15) is 5.60 Å². The molecule has 20 heavy (non-hydrogen) atoms. The number of hydrogen-bond donors (Lipinski definition) is 1. The number of hydrogen-bond acceptors (Lipinski definition) is 4. The number of ether oxygens (including phenoxy) is 2. The zero-order valence-electron chi connectivity index (χ0n) is 14.9. The first-order valence-corrected chi connectivity index (χ1v) is 6.15. The lowest BCUT2D eigenvalue weighted by Gasteiger charge is -2.20. The van der Waals surface area contributed by atoms with E-state index in [1.807, 2.05) is 0 Å². The number of benzene rings is 1. The minimum absolute atomic E-state index is 0.156. The molecule has 0 bridgehead atoms. The first kappa shape index (κ1) is 10.6. The van der Waals surface area contributed by atoms with Crippen molar-refractivity contribution in [3.05, 3.63) is 23.9 Å². The summed E-state index contributed by atoms with van der Waals surface area (Å²) in [6, 6.07) is 2.89. The average molecular weight is 280 g/mol. The molecule has 0 saturated carbocycles. The SMILES string of the molecule is [2H]C([2H])([2H])Oc1cc(C)c2c(ccn2C(=O)OC(C)(C)C)c1O. The van der Waals surface area contributed by atoms with Gasteiger partial charge in [-0.3, -0.25) is 4.57 Å². The number of nitrogens with zero attached hydrogens (tertiary/aromatic N) is 1. The molecule has 0 atom stereocenters. The number of methoxy groups -OCH3 is 1. The van der Waals surface area contributed by atoms with E-state index in [9.17, 15) is 9.90 Å². The van der Waals surface area contributed by atoms with Crippen LogP contribution in [-0.4, -0.2) is 28.4 Å². The molecular weight excluding hydrogens is 258 g/mol. The van der Waals surface area contributed by atoms with E-state index in [2.05, 4.69) is 0 Å². The normalized spacial score (nSPS) is 14.5. The minimum atomic E-state index is -2.68. The molecule has 5 nitrogen and oxygen atoms in total. The summed E-state index contributed by atoms with van der Waals surface area (Å²) in [5.74, 6) is -0.485. The van der Waals surface area contributed by atoms with Crippen LogP contribution in [-0.2, 0) is 4.74 Å². The van der Waals surface area contributed by atoms with Gasteiger partial charge in [0.05, 0.1) is 16.7 Å². The molecule has 2 aromatic rings. The Morgan fingerprint density at radius 3 is 2.75 bits per heavy atom. The molecule has 0 unspecified atom stereocenters. The van der Waals surface area contributed by atoms with Crippen LogP contribution >= 0.6 is 0 Å². The molecule has 0 spiro atoms. The zero-order chi connectivity index (χ0) is 17.6. The molecule has 5 heteroatoms. The summed E-state index contributed by atoms with van der Waals surface area (Å²) in [5, 5.41) is 10.5. The summed E-state index contributed by atoms with van der Waals surface area (Å²) in [6.45, 7) is 6.95. The Hall–Kier alpha value is -2.17. The lowest BCUT2D eigenvalue weighted by molar-refractivity contribution is 0.0544. The Morgan fingerprint density at radius 1 is 1.45 bits per heavy atom. The molecule has 108 valence electrons. The summed E-state index contributed by atoms with van der Waals surface area (Å²) in [7, 11) is -2.68. The minimum Gasteiger partial charge on any atom is -0.504 e. The molecule has 0 radical (unpaired) electrons. The van der Waals surface area contributed by atoms with Crippen molar-refractivity contribution in [3.8, 4) is 11.5 Å². The van der Waals surface area contributed by atoms with Crippen molar-refractivity contribution in [2.75, 3.05) is 7.04 Å². The van der Waals surface area contributed by atoms with Gasteiger partial charge in [-0.25, -0.2) is 4.79 Å². The Morgan fingerprint density at radius 2 is 2.15 bits per heavy atom. The smallest absolute Gasteiger partial charge is 0.419 e. The van der Waals surface area contributed by atoms with Crippen LogP contribution in [0.3, 0.4) is 0 Å². The number of carbonyl (C=O) groups excluding carboxylic acids is 1. The highest BCUT2D eigenvalue weighted by Gasteiger charge is 2.21. The second-order valence-electron chi connectivity index (χ2n) is 5.57. The van der Waals surface area contributed by atoms with Gasteiger partial charge in [0.2, 0.25) is 0 Å². The van der Waals surface area contributed by atoms with Crippen LogP contribution in [0.1, 0.15) is 30.4 Å². The summed E-state index contributed by atoms with van der Waals surface area (Å²) in [5.41, 5.74) is 0.357. The summed E-state index contributed by atoms with van der Waals surface area (Å²) in [4.78, 5) is 12.3. The predicted molar refractivity (Wildman–Crippen MR) is 76.5 cm³/mol. The number of aromatic hydroxyl groups is 1. The first-order valence-electron chi connectivity index (χ1n) is 7.65. The first-order chi connectivity index (χ1) is 10.4. The molecule has 0 fully saturated rings. The van der Waals surface area contributed by atoms with Crippen molar-refractivity contribution in [2.24, 2.45) is 0 Å². The fraction of sp³-hybridized carbons (Fsp3) is 0.400. The molecule has 0 aliphatic rings. The van der Waals surface area contributed by atoms with Gasteiger partial charge in [-0.1, -0.05) is 0 Å². The Kier molecular flexibility index (Phi) is 2.51. The van der Waals surface area contributed by atoms with Crippen molar-refractivity contribution in [1.82, 2.24) is 4.57 Å². The fourth-order valence-electron chi connectivity index (χ4n) is 2.03. The van der Waals surface area contributed by atoms with E-state index in [0.717, 1.165) is 0 Å². The van der Waals surface area contributed by atoms with Gasteiger partial charge in [0.25, 0.3) is 0 Å². The molecule has 0 aliphatic carbocycles. The number of carbonyl (C=O) groups is 1. The fourth-order valence-corrected chi connectivity index (χ4v) is 2.03. The molecule has 0 amide bonds. The van der Waals surface area contributed by atoms with E-state index < -0.39 is 18.7 Å². The monoisotopic (exact) mass is 280 g/mol. The second kappa shape index (κ2) is 4.74. The molecule has 0 saturated heterocycles. The van der Waals surface area contributed by atoms with Crippen molar-refractivity contribution in [2.45, 2.75) is 33.3 Å². The molecule has 2 rings (SSSR count). The van der Waals surface area contributed by atoms with Crippen LogP contribution < -0.4 is 4.74 Å². The Bertz CT molecular complexity index is 757. The third kappa shape index (κ3) is 2.43. The van der Waals surface area contributed by atoms with Gasteiger partial charge in [0, 0.05) is 11.6 Å². The maximum atomic E-state index is 12.3. The van der Waals surface area contributed by atoms with Gasteiger partial charge in [-0.15, -0.1) is 0 Å². The van der Waals surface area contributed by atoms with Crippen molar-refractivity contribution in [3.63, 3.8) is 0 Å². The highest BCUT2D eigenvalue weighted by Crippen LogP contribution is 2.37. The van der Waals surface area contributed by atoms with E-state index in [4.69, 9.17) is 13.6 Å². The number of phenols is 1. The largest absolute Gasteiger partial charge is 0.504 e. The van der Waals surface area contributed by atoms with E-state index in [1.54, 1.807) is 27.7 Å². The number of aryl methyl sites for hydroxylation is 1. The van der Waals surface area contributed by atoms with Crippen LogP contribution in [0.15, 0.2) is 18.3 Å². The summed E-state index contributed by atoms with van der Waals surface area (Å²) >= 11 is 0. The van der Waals surface area contributed by atoms with Crippen LogP contribution in [0, 0.1) is 6.92 Å². The molecule has 1 aromatic carbocycles. The molecule has 1 heterocycles. The standard InChI is InChI=1S/C15H19NO4/c1-9-8-11(19-5)13(17)10-6-7-16(12(9)10)14(18)20-15(2,3)4/h6-8,17H,1-5H3/i5D3. The quantitative estimate of drug-likeness (QED) is 0.869. The van der Waals surface area contributed by atoms with E-state index >= 15 is 0 Å². The zero-order valence-corrected chi connectivity index (χ0v) is 11.9. The maximum absolute atomic E-state index is 12.3. The van der Waals surface area contributed by atoms with Crippen LogP contribution in [0.5, 0.6) is 11.5 Å². The third-order valence-corrected chi connectivity index (χ3v) is 2.80. The van der Waals surface area contributed by atoms with Crippen LogP contribution in [0.2, 0.25) is 0 Å². The predicted octanol–water partition coefficient (Wildman–Crippen LogP) is 3.45. The Labute approximate surface area is 121 Å². The van der Waals surface area contributed by atoms with E-state index in [1.165, 1.54) is 22.9 Å². The van der Waals surface area contributed by atoms with E-state index in [-0.39, 0.29) is 11.5 Å². The lowest BCUT2D eigenvalue weighted by atomic mass is 10.1. The highest BCUT2D eigenvalue weighted by atomic mass is 16.6. The van der Waals surface area contributed by atoms with Crippen molar-refractivity contribution >= 4 is 17.0 Å². The number of phenolic OH excluding ortho intramolecular Hbond substituents is 1. The van der Waals surface area contributed by atoms with E-state index in [0.29, 0.717) is 16.5 Å². The van der Waals surface area contributed by atoms with Gasteiger partial charge < -0.3 is 14.6 Å². The molecule has 0 aliphatic heterocycles. The maximum Gasteiger partial charge on any atom is 0.419 e. The number of rotatable bonds is 1. The lowest BCUT2D eigenvalue weighted by Crippen LogP contribution is -2.26. The van der Waals surface area contributed by atoms with Crippen molar-refractivity contribution < 1.29 is 23.5 Å². The summed E-state index contributed by atoms with van der Waals surface area (Å²) in [6.07, 6.45) is 0.879. The van der Waals surface area contributed by atoms with Gasteiger partial charge in [-0.05, 0) is 45.4 Å². The van der Waals surface area contributed by atoms with Crippen LogP contribution in [0.25, 0.3) is 10.9 Å². The van der Waals surface area contributed by atoms with Gasteiger partial charge in [-0.2, -0.15) is 0 Å². The Balaban J connectivity index is 2.53. The average Bonchev–Trinajstić information content (AvgIpc) is 2.77. The number of fused-ring (bicyclic) bond motifs is 1. The molecule has 1 N–H and O–H groups in total. The molecule has 1 aromatic heterocycles. The number of aromatic nitrogens is 1. The van der Waals surface area contributed by atoms with Crippen LogP contribution in [0.4, 0.5) is 4.79 Å².